The third kappa shape index (κ3) is 3.36. The van der Waals surface area contributed by atoms with Crippen LogP contribution in [0.2, 0.25) is 0 Å². The van der Waals surface area contributed by atoms with Gasteiger partial charge in [-0.2, -0.15) is 0 Å². The Bertz CT molecular complexity index is 386. The molecule has 0 unspecified atom stereocenters. The quantitative estimate of drug-likeness (QED) is 0.789. The predicted molar refractivity (Wildman–Crippen MR) is 56.4 cm³/mol. The lowest BCUT2D eigenvalue weighted by Crippen LogP contribution is -2.23. The molecule has 0 aliphatic rings. The Hall–Kier alpha value is -1.36. The number of esters is 1. The molecule has 4 nitrogen and oxygen atoms in total. The van der Waals surface area contributed by atoms with Gasteiger partial charge in [0.05, 0.1) is 5.56 Å². The molecule has 0 bridgehead atoms. The molecule has 0 fully saturated rings. The average Bonchev–Trinajstić information content (AvgIpc) is 2.47. The number of carboxylic acid groups (broad SMARTS) is 1. The van der Waals surface area contributed by atoms with E-state index in [-0.39, 0.29) is 5.56 Å². The van der Waals surface area contributed by atoms with Crippen molar-refractivity contribution in [1.82, 2.24) is 0 Å². The van der Waals surface area contributed by atoms with E-state index in [0.717, 1.165) is 11.3 Å². The smallest absolute Gasteiger partial charge is 0.348 e. The summed E-state index contributed by atoms with van der Waals surface area (Å²) < 4.78 is 5.10. The highest BCUT2D eigenvalue weighted by molar-refractivity contribution is 7.12. The third-order valence-electron chi connectivity index (χ3n) is 1.45. The van der Waals surface area contributed by atoms with Crippen molar-refractivity contribution in [2.45, 2.75) is 26.4 Å². The van der Waals surface area contributed by atoms with Gasteiger partial charge in [-0.05, 0) is 26.8 Å². The van der Waals surface area contributed by atoms with Crippen LogP contribution in [0.3, 0.4) is 0 Å². The van der Waals surface area contributed by atoms with E-state index in [2.05, 4.69) is 0 Å². The van der Waals surface area contributed by atoms with Gasteiger partial charge in [-0.3, -0.25) is 0 Å². The molecule has 1 N–H and O–H groups in total. The van der Waals surface area contributed by atoms with Crippen LogP contribution in [0.15, 0.2) is 11.4 Å². The van der Waals surface area contributed by atoms with E-state index >= 15 is 0 Å². The second-order valence-corrected chi connectivity index (χ2v) is 4.92. The number of hydrogen-bond acceptors (Lipinski definition) is 4. The Morgan fingerprint density at radius 3 is 2.40 bits per heavy atom. The fraction of sp³-hybridized carbons (Fsp3) is 0.400. The molecule has 1 aromatic rings. The summed E-state index contributed by atoms with van der Waals surface area (Å²) in [6.07, 6.45) is 0. The number of hydrogen-bond donors (Lipinski definition) is 1. The second-order valence-electron chi connectivity index (χ2n) is 4.01. The summed E-state index contributed by atoms with van der Waals surface area (Å²) in [7, 11) is 0. The molecule has 1 heterocycles. The van der Waals surface area contributed by atoms with Gasteiger partial charge in [-0.15, -0.1) is 11.3 Å². The third-order valence-corrected chi connectivity index (χ3v) is 2.36. The number of carbonyl (C=O) groups is 2. The lowest BCUT2D eigenvalue weighted by Gasteiger charge is -2.18. The van der Waals surface area contributed by atoms with E-state index in [0.29, 0.717) is 4.88 Å². The van der Waals surface area contributed by atoms with E-state index in [9.17, 15) is 9.59 Å². The summed E-state index contributed by atoms with van der Waals surface area (Å²) in [6, 6.07) is 1.32. The number of rotatable bonds is 2. The number of aromatic carboxylic acids is 1. The molecule has 0 amide bonds. The molecule has 0 atom stereocenters. The minimum atomic E-state index is -1.04. The standard InChI is InChI=1S/C10H12O4S/c1-10(2,3)14-9(13)7-4-6(5-15-7)8(11)12/h4-5H,1-3H3,(H,11,12). The van der Waals surface area contributed by atoms with Crippen LogP contribution in [0.4, 0.5) is 0 Å². The van der Waals surface area contributed by atoms with E-state index in [1.807, 2.05) is 0 Å². The summed E-state index contributed by atoms with van der Waals surface area (Å²) in [5.41, 5.74) is -0.453. The molecular formula is C10H12O4S. The maximum absolute atomic E-state index is 11.5. The van der Waals surface area contributed by atoms with Gasteiger partial charge in [0, 0.05) is 5.38 Å². The Kier molecular flexibility index (Phi) is 3.14. The molecule has 1 aromatic heterocycles. The first-order chi connectivity index (χ1) is 6.79. The fourth-order valence-corrected chi connectivity index (χ4v) is 1.64. The Morgan fingerprint density at radius 1 is 1.40 bits per heavy atom. The molecule has 0 aliphatic heterocycles. The zero-order chi connectivity index (χ0) is 11.6. The van der Waals surface area contributed by atoms with Gasteiger partial charge in [0.2, 0.25) is 0 Å². The van der Waals surface area contributed by atoms with Crippen LogP contribution in [-0.2, 0) is 4.74 Å². The maximum Gasteiger partial charge on any atom is 0.348 e. The van der Waals surface area contributed by atoms with Gasteiger partial charge in [-0.1, -0.05) is 0 Å². The number of thiophene rings is 1. The first-order valence-electron chi connectivity index (χ1n) is 4.35. The van der Waals surface area contributed by atoms with Gasteiger partial charge in [-0.25, -0.2) is 9.59 Å². The van der Waals surface area contributed by atoms with E-state index in [4.69, 9.17) is 9.84 Å². The van der Waals surface area contributed by atoms with Crippen molar-refractivity contribution in [3.8, 4) is 0 Å². The highest BCUT2D eigenvalue weighted by atomic mass is 32.1. The molecule has 0 spiro atoms. The number of carboxylic acids is 1. The highest BCUT2D eigenvalue weighted by Gasteiger charge is 2.20. The molecule has 0 radical (unpaired) electrons. The molecule has 1 rings (SSSR count). The first kappa shape index (κ1) is 11.7. The van der Waals surface area contributed by atoms with Crippen molar-refractivity contribution >= 4 is 23.3 Å². The second kappa shape index (κ2) is 4.02. The molecule has 0 aromatic carbocycles. The minimum Gasteiger partial charge on any atom is -0.478 e. The highest BCUT2D eigenvalue weighted by Crippen LogP contribution is 2.18. The van der Waals surface area contributed by atoms with Gasteiger partial charge >= 0.3 is 11.9 Å². The molecule has 15 heavy (non-hydrogen) atoms. The predicted octanol–water partition coefficient (Wildman–Crippen LogP) is 2.40. The van der Waals surface area contributed by atoms with Crippen molar-refractivity contribution in [3.63, 3.8) is 0 Å². The van der Waals surface area contributed by atoms with Gasteiger partial charge in [0.25, 0.3) is 0 Å². The minimum absolute atomic E-state index is 0.112. The Morgan fingerprint density at radius 2 is 2.00 bits per heavy atom. The zero-order valence-electron chi connectivity index (χ0n) is 8.73. The van der Waals surface area contributed by atoms with Crippen LogP contribution in [0.5, 0.6) is 0 Å². The van der Waals surface area contributed by atoms with Crippen LogP contribution in [0.1, 0.15) is 40.8 Å². The number of carbonyl (C=O) groups excluding carboxylic acids is 1. The summed E-state index contributed by atoms with van der Waals surface area (Å²) >= 11 is 1.07. The van der Waals surface area contributed by atoms with Crippen molar-refractivity contribution < 1.29 is 19.4 Å². The molecule has 0 saturated heterocycles. The van der Waals surface area contributed by atoms with Crippen LogP contribution >= 0.6 is 11.3 Å². The van der Waals surface area contributed by atoms with E-state index in [1.165, 1.54) is 11.4 Å². The lowest BCUT2D eigenvalue weighted by atomic mass is 10.2. The molecular weight excluding hydrogens is 216 g/mol. The van der Waals surface area contributed by atoms with Crippen LogP contribution in [0.25, 0.3) is 0 Å². The summed E-state index contributed by atoms with van der Waals surface area (Å²) in [5.74, 6) is -1.53. The average molecular weight is 228 g/mol. The SMILES string of the molecule is CC(C)(C)OC(=O)c1cc(C(=O)O)cs1. The van der Waals surface area contributed by atoms with Crippen LogP contribution in [0, 0.1) is 0 Å². The normalized spacial score (nSPS) is 11.1. The summed E-state index contributed by atoms with van der Waals surface area (Å²) in [6.45, 7) is 5.28. The summed E-state index contributed by atoms with van der Waals surface area (Å²) in [5, 5.41) is 10.1. The first-order valence-corrected chi connectivity index (χ1v) is 5.23. The largest absolute Gasteiger partial charge is 0.478 e. The number of ether oxygens (including phenoxy) is 1. The summed E-state index contributed by atoms with van der Waals surface area (Å²) in [4.78, 5) is 22.4. The van der Waals surface area contributed by atoms with Gasteiger partial charge < -0.3 is 9.84 Å². The van der Waals surface area contributed by atoms with Crippen molar-refractivity contribution in [1.29, 1.82) is 0 Å². The monoisotopic (exact) mass is 228 g/mol. The Balaban J connectivity index is 2.79. The van der Waals surface area contributed by atoms with Gasteiger partial charge in [0.1, 0.15) is 10.5 Å². The maximum atomic E-state index is 11.5. The zero-order valence-corrected chi connectivity index (χ0v) is 9.55. The van der Waals surface area contributed by atoms with Crippen LogP contribution in [-0.4, -0.2) is 22.6 Å². The fourth-order valence-electron chi connectivity index (χ4n) is 0.884. The van der Waals surface area contributed by atoms with Crippen LogP contribution < -0.4 is 0 Å². The molecule has 82 valence electrons. The topological polar surface area (TPSA) is 63.6 Å². The van der Waals surface area contributed by atoms with E-state index in [1.54, 1.807) is 20.8 Å². The molecule has 5 heteroatoms. The molecule has 0 saturated carbocycles. The van der Waals surface area contributed by atoms with Crippen molar-refractivity contribution in [2.75, 3.05) is 0 Å². The van der Waals surface area contributed by atoms with Gasteiger partial charge in [0.15, 0.2) is 0 Å². The van der Waals surface area contributed by atoms with Crippen molar-refractivity contribution in [2.24, 2.45) is 0 Å². The lowest BCUT2D eigenvalue weighted by molar-refractivity contribution is 0.00752. The molecule has 0 aliphatic carbocycles. The Labute approximate surface area is 91.5 Å². The van der Waals surface area contributed by atoms with E-state index < -0.39 is 17.5 Å². The van der Waals surface area contributed by atoms with Crippen molar-refractivity contribution in [3.05, 3.63) is 21.9 Å².